The zero-order chi connectivity index (χ0) is 21.3. The summed E-state index contributed by atoms with van der Waals surface area (Å²) in [6, 6.07) is 13.7. The monoisotopic (exact) mass is 423 g/mol. The molecular weight excluding hydrogens is 398 g/mol. The highest BCUT2D eigenvalue weighted by molar-refractivity contribution is 7.99. The molecule has 1 aromatic heterocycles. The molecule has 156 valence electrons. The number of thioether (sulfide) groups is 1. The number of ether oxygens (including phenoxy) is 2. The SMILES string of the molecule is CCn1c(SCC(=O)c2ccc3c(c2)OCO3)nnc1-c1ccc(C(C)(C)C)cc1. The van der Waals surface area contributed by atoms with E-state index in [9.17, 15) is 4.79 Å². The first-order valence-electron chi connectivity index (χ1n) is 9.96. The number of rotatable bonds is 6. The predicted octanol–water partition coefficient (Wildman–Crippen LogP) is 4.97. The highest BCUT2D eigenvalue weighted by atomic mass is 32.2. The van der Waals surface area contributed by atoms with E-state index < -0.39 is 0 Å². The van der Waals surface area contributed by atoms with Gasteiger partial charge in [-0.2, -0.15) is 0 Å². The molecule has 0 aliphatic carbocycles. The number of benzene rings is 2. The molecule has 0 radical (unpaired) electrons. The van der Waals surface area contributed by atoms with Crippen molar-refractivity contribution in [1.29, 1.82) is 0 Å². The van der Waals surface area contributed by atoms with E-state index in [1.807, 2.05) is 4.57 Å². The maximum Gasteiger partial charge on any atom is 0.231 e. The van der Waals surface area contributed by atoms with E-state index in [1.165, 1.54) is 17.3 Å². The van der Waals surface area contributed by atoms with E-state index in [4.69, 9.17) is 9.47 Å². The van der Waals surface area contributed by atoms with Crippen LogP contribution in [0.4, 0.5) is 0 Å². The second-order valence-electron chi connectivity index (χ2n) is 8.16. The van der Waals surface area contributed by atoms with Crippen molar-refractivity contribution in [3.63, 3.8) is 0 Å². The molecule has 1 aliphatic heterocycles. The Labute approximate surface area is 180 Å². The van der Waals surface area contributed by atoms with Gasteiger partial charge >= 0.3 is 0 Å². The second kappa shape index (κ2) is 8.14. The minimum Gasteiger partial charge on any atom is -0.454 e. The largest absolute Gasteiger partial charge is 0.454 e. The van der Waals surface area contributed by atoms with Crippen molar-refractivity contribution in [3.05, 3.63) is 53.6 Å². The van der Waals surface area contributed by atoms with Gasteiger partial charge in [0.05, 0.1) is 5.75 Å². The normalized spacial score (nSPS) is 12.9. The fourth-order valence-electron chi connectivity index (χ4n) is 3.30. The average molecular weight is 424 g/mol. The molecule has 0 N–H and O–H groups in total. The van der Waals surface area contributed by atoms with Gasteiger partial charge in [-0.1, -0.05) is 56.8 Å². The van der Waals surface area contributed by atoms with Gasteiger partial charge in [-0.3, -0.25) is 4.79 Å². The van der Waals surface area contributed by atoms with Crippen LogP contribution in [0.2, 0.25) is 0 Å². The van der Waals surface area contributed by atoms with Crippen LogP contribution in [0.25, 0.3) is 11.4 Å². The Morgan fingerprint density at radius 2 is 1.80 bits per heavy atom. The van der Waals surface area contributed by atoms with Crippen molar-refractivity contribution in [2.45, 2.75) is 44.8 Å². The highest BCUT2D eigenvalue weighted by Gasteiger charge is 2.19. The maximum absolute atomic E-state index is 12.7. The first-order valence-corrected chi connectivity index (χ1v) is 10.9. The fourth-order valence-corrected chi connectivity index (χ4v) is 4.19. The molecule has 1 aliphatic rings. The molecule has 30 heavy (non-hydrogen) atoms. The number of carbonyl (C=O) groups excluding carboxylic acids is 1. The molecule has 0 atom stereocenters. The van der Waals surface area contributed by atoms with Gasteiger partial charge in [0.15, 0.2) is 28.3 Å². The van der Waals surface area contributed by atoms with Crippen LogP contribution in [0.3, 0.4) is 0 Å². The minimum absolute atomic E-state index is 0.0139. The number of fused-ring (bicyclic) bond motifs is 1. The molecule has 0 amide bonds. The number of nitrogens with zero attached hydrogens (tertiary/aromatic N) is 3. The summed E-state index contributed by atoms with van der Waals surface area (Å²) in [5.74, 6) is 2.40. The van der Waals surface area contributed by atoms with Crippen molar-refractivity contribution in [3.8, 4) is 22.9 Å². The summed E-state index contributed by atoms with van der Waals surface area (Å²) in [6.07, 6.45) is 0. The summed E-state index contributed by atoms with van der Waals surface area (Å²) in [6.45, 7) is 9.57. The molecule has 2 aromatic carbocycles. The van der Waals surface area contributed by atoms with Gasteiger partial charge < -0.3 is 14.0 Å². The maximum atomic E-state index is 12.7. The van der Waals surface area contributed by atoms with E-state index in [2.05, 4.69) is 62.2 Å². The van der Waals surface area contributed by atoms with Crippen LogP contribution in [0.5, 0.6) is 11.5 Å². The summed E-state index contributed by atoms with van der Waals surface area (Å²) >= 11 is 1.40. The summed E-state index contributed by atoms with van der Waals surface area (Å²) in [4.78, 5) is 12.7. The minimum atomic E-state index is 0.0139. The molecule has 0 bridgehead atoms. The van der Waals surface area contributed by atoms with Gasteiger partial charge in [0.1, 0.15) is 0 Å². The molecule has 7 heteroatoms. The lowest BCUT2D eigenvalue weighted by atomic mass is 9.87. The Morgan fingerprint density at radius 3 is 2.50 bits per heavy atom. The Kier molecular flexibility index (Phi) is 5.56. The van der Waals surface area contributed by atoms with Crippen LogP contribution in [0.15, 0.2) is 47.6 Å². The van der Waals surface area contributed by atoms with Crippen molar-refractivity contribution >= 4 is 17.5 Å². The Hall–Kier alpha value is -2.80. The standard InChI is InChI=1S/C23H25N3O3S/c1-5-26-21(15-6-9-17(10-7-15)23(2,3)4)24-25-22(26)30-13-18(27)16-8-11-19-20(12-16)29-14-28-19/h6-12H,5,13-14H2,1-4H3. The summed E-state index contributed by atoms with van der Waals surface area (Å²) in [7, 11) is 0. The molecule has 0 saturated carbocycles. The predicted molar refractivity (Wildman–Crippen MR) is 117 cm³/mol. The summed E-state index contributed by atoms with van der Waals surface area (Å²) < 4.78 is 12.7. The van der Waals surface area contributed by atoms with E-state index in [0.717, 1.165) is 23.1 Å². The Balaban J connectivity index is 1.49. The third-order valence-electron chi connectivity index (χ3n) is 5.07. The van der Waals surface area contributed by atoms with E-state index >= 15 is 0 Å². The molecular formula is C23H25N3O3S. The lowest BCUT2D eigenvalue weighted by molar-refractivity contribution is 0.102. The molecule has 0 fully saturated rings. The first-order chi connectivity index (χ1) is 14.4. The van der Waals surface area contributed by atoms with Crippen LogP contribution >= 0.6 is 11.8 Å². The van der Waals surface area contributed by atoms with E-state index in [-0.39, 0.29) is 23.7 Å². The lowest BCUT2D eigenvalue weighted by Gasteiger charge is -2.19. The molecule has 2 heterocycles. The number of Topliss-reactive ketones (excluding diaryl/α,β-unsaturated/α-hetero) is 1. The van der Waals surface area contributed by atoms with Gasteiger partial charge in [0.25, 0.3) is 0 Å². The molecule has 0 unspecified atom stereocenters. The van der Waals surface area contributed by atoms with Gasteiger partial charge in [-0.15, -0.1) is 10.2 Å². The van der Waals surface area contributed by atoms with E-state index in [0.29, 0.717) is 17.1 Å². The van der Waals surface area contributed by atoms with Crippen LogP contribution in [-0.2, 0) is 12.0 Å². The molecule has 6 nitrogen and oxygen atoms in total. The zero-order valence-electron chi connectivity index (χ0n) is 17.6. The molecule has 0 saturated heterocycles. The van der Waals surface area contributed by atoms with Gasteiger partial charge in [0.2, 0.25) is 6.79 Å². The highest BCUT2D eigenvalue weighted by Crippen LogP contribution is 2.33. The van der Waals surface area contributed by atoms with Crippen molar-refractivity contribution in [2.24, 2.45) is 0 Å². The van der Waals surface area contributed by atoms with Crippen molar-refractivity contribution in [2.75, 3.05) is 12.5 Å². The van der Waals surface area contributed by atoms with Gasteiger partial charge in [-0.05, 0) is 36.1 Å². The average Bonchev–Trinajstić information content (AvgIpc) is 3.37. The molecule has 3 aromatic rings. The van der Waals surface area contributed by atoms with E-state index in [1.54, 1.807) is 18.2 Å². The Morgan fingerprint density at radius 1 is 1.07 bits per heavy atom. The summed E-state index contributed by atoms with van der Waals surface area (Å²) in [5.41, 5.74) is 3.00. The zero-order valence-corrected chi connectivity index (χ0v) is 18.5. The quantitative estimate of drug-likeness (QED) is 0.412. The first kappa shape index (κ1) is 20.5. The lowest BCUT2D eigenvalue weighted by Crippen LogP contribution is -2.10. The third kappa shape index (κ3) is 4.07. The van der Waals surface area contributed by atoms with Gasteiger partial charge in [-0.25, -0.2) is 0 Å². The number of aromatic nitrogens is 3. The number of hydrogen-bond acceptors (Lipinski definition) is 6. The molecule has 0 spiro atoms. The number of hydrogen-bond donors (Lipinski definition) is 0. The smallest absolute Gasteiger partial charge is 0.231 e. The second-order valence-corrected chi connectivity index (χ2v) is 9.10. The fraction of sp³-hybridized carbons (Fsp3) is 0.348. The van der Waals surface area contributed by atoms with Crippen LogP contribution < -0.4 is 9.47 Å². The third-order valence-corrected chi connectivity index (χ3v) is 6.04. The summed E-state index contributed by atoms with van der Waals surface area (Å²) in [5, 5.41) is 9.47. The van der Waals surface area contributed by atoms with Crippen LogP contribution in [0, 0.1) is 0 Å². The van der Waals surface area contributed by atoms with Crippen molar-refractivity contribution in [1.82, 2.24) is 14.8 Å². The Bertz CT molecular complexity index is 1070. The number of ketones is 1. The van der Waals surface area contributed by atoms with Crippen LogP contribution in [-0.4, -0.2) is 33.1 Å². The van der Waals surface area contributed by atoms with Gasteiger partial charge in [0, 0.05) is 17.7 Å². The van der Waals surface area contributed by atoms with Crippen LogP contribution in [0.1, 0.15) is 43.6 Å². The van der Waals surface area contributed by atoms with Crippen molar-refractivity contribution < 1.29 is 14.3 Å². The topological polar surface area (TPSA) is 66.2 Å². The molecule has 4 rings (SSSR count). The number of carbonyl (C=O) groups is 1.